The summed E-state index contributed by atoms with van der Waals surface area (Å²) >= 11 is 0. The van der Waals surface area contributed by atoms with Gasteiger partial charge in [-0.05, 0) is 26.2 Å². The summed E-state index contributed by atoms with van der Waals surface area (Å²) < 4.78 is 0.716. The monoisotopic (exact) mass is 365 g/mol. The Labute approximate surface area is 163 Å². The molecule has 0 saturated carbocycles. The SMILES string of the molecule is C=CCCCCCCCCCCCCCCC1=NCC[N+]1(CC)C(C)O. The summed E-state index contributed by atoms with van der Waals surface area (Å²) in [5.41, 5.74) is 0. The Balaban J connectivity index is 1.93. The molecule has 0 aromatic rings. The van der Waals surface area contributed by atoms with Gasteiger partial charge in [0.1, 0.15) is 6.54 Å². The van der Waals surface area contributed by atoms with Gasteiger partial charge in [-0.2, -0.15) is 0 Å². The zero-order valence-electron chi connectivity index (χ0n) is 17.7. The lowest BCUT2D eigenvalue weighted by Gasteiger charge is -2.36. The molecule has 152 valence electrons. The number of allylic oxidation sites excluding steroid dienone is 1. The molecule has 0 bridgehead atoms. The third kappa shape index (κ3) is 8.35. The Morgan fingerprint density at radius 3 is 1.92 bits per heavy atom. The van der Waals surface area contributed by atoms with Crippen LogP contribution in [-0.4, -0.2) is 41.3 Å². The van der Waals surface area contributed by atoms with Crippen molar-refractivity contribution in [2.24, 2.45) is 4.99 Å². The van der Waals surface area contributed by atoms with Gasteiger partial charge in [0.15, 0.2) is 6.23 Å². The molecule has 2 unspecified atom stereocenters. The average molecular weight is 366 g/mol. The van der Waals surface area contributed by atoms with Gasteiger partial charge in [0.2, 0.25) is 5.84 Å². The van der Waals surface area contributed by atoms with Gasteiger partial charge in [-0.15, -0.1) is 6.58 Å². The van der Waals surface area contributed by atoms with Gasteiger partial charge in [0.05, 0.1) is 13.1 Å². The number of unbranched alkanes of at least 4 members (excludes halogenated alkanes) is 12. The third-order valence-corrected chi connectivity index (χ3v) is 6.15. The highest BCUT2D eigenvalue weighted by Crippen LogP contribution is 2.23. The molecule has 0 radical (unpaired) electrons. The maximum absolute atomic E-state index is 10.2. The van der Waals surface area contributed by atoms with Gasteiger partial charge in [-0.3, -0.25) is 4.48 Å². The third-order valence-electron chi connectivity index (χ3n) is 6.15. The van der Waals surface area contributed by atoms with E-state index >= 15 is 0 Å². The number of likely N-dealkylation sites (N-methyl/N-ethyl adjacent to an activating group) is 1. The highest BCUT2D eigenvalue weighted by atomic mass is 16.3. The van der Waals surface area contributed by atoms with Crippen LogP contribution in [0.3, 0.4) is 0 Å². The van der Waals surface area contributed by atoms with Crippen molar-refractivity contribution in [3.63, 3.8) is 0 Å². The molecule has 0 fully saturated rings. The normalized spacial score (nSPS) is 21.0. The van der Waals surface area contributed by atoms with Gasteiger partial charge in [0, 0.05) is 13.3 Å². The molecule has 0 aromatic heterocycles. The summed E-state index contributed by atoms with van der Waals surface area (Å²) in [6, 6.07) is 0. The lowest BCUT2D eigenvalue weighted by molar-refractivity contribution is -0.882. The van der Waals surface area contributed by atoms with Crippen molar-refractivity contribution in [1.82, 2.24) is 0 Å². The molecule has 0 spiro atoms. The zero-order valence-corrected chi connectivity index (χ0v) is 17.7. The first-order valence-electron chi connectivity index (χ1n) is 11.4. The van der Waals surface area contributed by atoms with E-state index in [1.807, 2.05) is 13.0 Å². The van der Waals surface area contributed by atoms with Gasteiger partial charge in [-0.1, -0.05) is 70.3 Å². The molecule has 26 heavy (non-hydrogen) atoms. The number of aliphatic imine (C=N–C) groups is 1. The minimum Gasteiger partial charge on any atom is -0.345 e. The summed E-state index contributed by atoms with van der Waals surface area (Å²) in [7, 11) is 0. The number of hydrogen-bond donors (Lipinski definition) is 1. The highest BCUT2D eigenvalue weighted by Gasteiger charge is 2.40. The Kier molecular flexibility index (Phi) is 12.9. The summed E-state index contributed by atoms with van der Waals surface area (Å²) in [4.78, 5) is 4.70. The second kappa shape index (κ2) is 14.4. The van der Waals surface area contributed by atoms with Gasteiger partial charge in [-0.25, -0.2) is 4.99 Å². The summed E-state index contributed by atoms with van der Waals surface area (Å²) in [5, 5.41) is 10.2. The van der Waals surface area contributed by atoms with Crippen molar-refractivity contribution in [2.75, 3.05) is 19.6 Å². The molecular weight excluding hydrogens is 320 g/mol. The first-order valence-corrected chi connectivity index (χ1v) is 11.4. The molecule has 2 atom stereocenters. The second-order valence-electron chi connectivity index (χ2n) is 8.07. The van der Waals surface area contributed by atoms with E-state index in [2.05, 4.69) is 13.5 Å². The Morgan fingerprint density at radius 1 is 0.962 bits per heavy atom. The van der Waals surface area contributed by atoms with Crippen LogP contribution in [0.25, 0.3) is 0 Å². The Hall–Kier alpha value is -0.670. The molecule has 3 nitrogen and oxygen atoms in total. The fraction of sp³-hybridized carbons (Fsp3) is 0.870. The number of quaternary nitrogens is 1. The Morgan fingerprint density at radius 2 is 1.46 bits per heavy atom. The van der Waals surface area contributed by atoms with Crippen molar-refractivity contribution in [1.29, 1.82) is 0 Å². The predicted octanol–water partition coefficient (Wildman–Crippen LogP) is 6.22. The number of nitrogens with zero attached hydrogens (tertiary/aromatic N) is 2. The predicted molar refractivity (Wildman–Crippen MR) is 114 cm³/mol. The van der Waals surface area contributed by atoms with Crippen LogP contribution >= 0.6 is 0 Å². The van der Waals surface area contributed by atoms with Crippen molar-refractivity contribution in [3.8, 4) is 0 Å². The first kappa shape index (κ1) is 23.4. The van der Waals surface area contributed by atoms with Crippen LogP contribution in [0.2, 0.25) is 0 Å². The molecule has 1 aliphatic heterocycles. The molecule has 0 saturated heterocycles. The van der Waals surface area contributed by atoms with Crippen LogP contribution in [0.1, 0.15) is 104 Å². The second-order valence-corrected chi connectivity index (χ2v) is 8.07. The van der Waals surface area contributed by atoms with E-state index in [0.717, 1.165) is 26.1 Å². The quantitative estimate of drug-likeness (QED) is 0.185. The average Bonchev–Trinajstić information content (AvgIpc) is 3.06. The van der Waals surface area contributed by atoms with E-state index in [1.165, 1.54) is 89.3 Å². The van der Waals surface area contributed by atoms with E-state index in [-0.39, 0.29) is 6.23 Å². The van der Waals surface area contributed by atoms with Crippen LogP contribution in [-0.2, 0) is 0 Å². The maximum atomic E-state index is 10.2. The van der Waals surface area contributed by atoms with Crippen molar-refractivity contribution in [2.45, 2.75) is 110 Å². The number of amidine groups is 1. The lowest BCUT2D eigenvalue weighted by Crippen LogP contribution is -2.56. The van der Waals surface area contributed by atoms with Crippen LogP contribution in [0.5, 0.6) is 0 Å². The largest absolute Gasteiger partial charge is 0.345 e. The smallest absolute Gasteiger partial charge is 0.200 e. The van der Waals surface area contributed by atoms with Crippen LogP contribution in [0, 0.1) is 0 Å². The van der Waals surface area contributed by atoms with Crippen LogP contribution < -0.4 is 0 Å². The summed E-state index contributed by atoms with van der Waals surface area (Å²) in [6.07, 6.45) is 20.4. The number of aliphatic hydroxyl groups excluding tert-OH is 1. The van der Waals surface area contributed by atoms with E-state index in [4.69, 9.17) is 4.99 Å². The molecule has 0 aromatic carbocycles. The molecule has 1 aliphatic rings. The minimum atomic E-state index is -0.316. The fourth-order valence-corrected chi connectivity index (χ4v) is 4.28. The van der Waals surface area contributed by atoms with E-state index in [9.17, 15) is 5.11 Å². The maximum Gasteiger partial charge on any atom is 0.200 e. The fourth-order valence-electron chi connectivity index (χ4n) is 4.28. The minimum absolute atomic E-state index is 0.316. The molecule has 0 aliphatic carbocycles. The molecule has 1 rings (SSSR count). The zero-order chi connectivity index (χ0) is 19.1. The molecule has 3 heteroatoms. The van der Waals surface area contributed by atoms with Crippen molar-refractivity contribution in [3.05, 3.63) is 12.7 Å². The van der Waals surface area contributed by atoms with E-state index in [1.54, 1.807) is 0 Å². The van der Waals surface area contributed by atoms with E-state index < -0.39 is 0 Å². The molecule has 0 amide bonds. The summed E-state index contributed by atoms with van der Waals surface area (Å²) in [5.74, 6) is 1.25. The molecule has 1 heterocycles. The number of aliphatic hydroxyl groups is 1. The number of rotatable bonds is 17. The van der Waals surface area contributed by atoms with Gasteiger partial charge >= 0.3 is 0 Å². The van der Waals surface area contributed by atoms with Crippen molar-refractivity contribution < 1.29 is 9.59 Å². The lowest BCUT2D eigenvalue weighted by atomic mass is 10.0. The van der Waals surface area contributed by atoms with Gasteiger partial charge in [0.25, 0.3) is 0 Å². The summed E-state index contributed by atoms with van der Waals surface area (Å²) in [6.45, 7) is 10.7. The van der Waals surface area contributed by atoms with Crippen LogP contribution in [0.15, 0.2) is 17.6 Å². The topological polar surface area (TPSA) is 32.6 Å². The molecular formula is C23H45N2O+. The van der Waals surface area contributed by atoms with Crippen LogP contribution in [0.4, 0.5) is 0 Å². The first-order chi connectivity index (χ1) is 12.7. The Bertz CT molecular complexity index is 392. The highest BCUT2D eigenvalue weighted by molar-refractivity contribution is 5.76. The van der Waals surface area contributed by atoms with E-state index in [0.29, 0.717) is 4.48 Å². The van der Waals surface area contributed by atoms with Gasteiger partial charge < -0.3 is 5.11 Å². The standard InChI is InChI=1S/C23H45N2O/c1-4-6-7-8-9-10-11-12-13-14-15-16-17-18-19-23-24-20-21-25(23,5-2)22(3)26/h4,22,26H,1,5-21H2,2-3H3/q+1. The van der Waals surface area contributed by atoms with Crippen molar-refractivity contribution >= 4 is 5.84 Å². The number of hydrogen-bond acceptors (Lipinski definition) is 2. The molecule has 1 N–H and O–H groups in total.